The van der Waals surface area contributed by atoms with Gasteiger partial charge < -0.3 is 0 Å². The highest BCUT2D eigenvalue weighted by Gasteiger charge is 2.28. The van der Waals surface area contributed by atoms with Crippen molar-refractivity contribution in [1.29, 1.82) is 0 Å². The van der Waals surface area contributed by atoms with Gasteiger partial charge in [0.25, 0.3) is 0 Å². The smallest absolute Gasteiger partial charge is 0.211 e. The molecule has 0 aliphatic carbocycles. The van der Waals surface area contributed by atoms with Crippen LogP contribution in [0.15, 0.2) is 15.0 Å². The van der Waals surface area contributed by atoms with E-state index in [4.69, 9.17) is 0 Å². The van der Waals surface area contributed by atoms with Crippen LogP contribution >= 0.6 is 22.6 Å². The van der Waals surface area contributed by atoms with Gasteiger partial charge in [-0.1, -0.05) is 43.4 Å². The molecule has 0 heterocycles. The Bertz CT molecular complexity index is 480. The van der Waals surface area contributed by atoms with E-state index in [0.29, 0.717) is 13.1 Å². The number of carbonyl (C=O) groups excluding carboxylic acids is 3. The Kier molecular flexibility index (Phi) is 10.9. The molecule has 0 N–H and O–H groups in total. The lowest BCUT2D eigenvalue weighted by Gasteiger charge is -2.31. The minimum Gasteiger partial charge on any atom is -0.211 e. The van der Waals surface area contributed by atoms with Crippen molar-refractivity contribution in [3.8, 4) is 0 Å². The molecule has 0 bridgehead atoms. The van der Waals surface area contributed by atoms with Crippen LogP contribution in [0, 0.1) is 17.3 Å². The van der Waals surface area contributed by atoms with Crippen LogP contribution in [0.5, 0.6) is 0 Å². The Morgan fingerprint density at radius 1 is 1.09 bits per heavy atom. The fourth-order valence-corrected chi connectivity index (χ4v) is 2.93. The standard InChI is InChI=1S/C15H22IN3O3/c1-12(7-17-9-20)6-15(3,8-18-10-21)5-4-13(2)14(16)19-11-22/h12-14H,4-8H2,1-3H3. The molecule has 0 rings (SSSR count). The van der Waals surface area contributed by atoms with Gasteiger partial charge in [0.2, 0.25) is 18.2 Å². The van der Waals surface area contributed by atoms with Crippen molar-refractivity contribution in [3.63, 3.8) is 0 Å². The number of hydrogen-bond acceptors (Lipinski definition) is 6. The van der Waals surface area contributed by atoms with Crippen LogP contribution in [0.2, 0.25) is 0 Å². The van der Waals surface area contributed by atoms with Gasteiger partial charge in [-0.15, -0.1) is 0 Å². The molecule has 0 fully saturated rings. The number of halogens is 1. The lowest BCUT2D eigenvalue weighted by molar-refractivity contribution is 0.222. The first-order chi connectivity index (χ1) is 10.4. The molecule has 0 amide bonds. The summed E-state index contributed by atoms with van der Waals surface area (Å²) in [7, 11) is 0. The lowest BCUT2D eigenvalue weighted by Crippen LogP contribution is -2.26. The van der Waals surface area contributed by atoms with Gasteiger partial charge in [0, 0.05) is 0 Å². The molecule has 6 nitrogen and oxygen atoms in total. The number of isocyanates is 3. The topological polar surface area (TPSA) is 88.3 Å². The van der Waals surface area contributed by atoms with Crippen LogP contribution in [0.1, 0.15) is 40.0 Å². The summed E-state index contributed by atoms with van der Waals surface area (Å²) < 4.78 is -0.106. The van der Waals surface area contributed by atoms with Gasteiger partial charge in [0.05, 0.1) is 13.1 Å². The van der Waals surface area contributed by atoms with Gasteiger partial charge in [0.1, 0.15) is 4.05 Å². The molecule has 0 aliphatic rings. The molecule has 7 heteroatoms. The molecule has 0 spiro atoms. The second-order valence-electron chi connectivity index (χ2n) is 6.07. The Balaban J connectivity index is 4.76. The highest BCUT2D eigenvalue weighted by molar-refractivity contribution is 14.1. The third-order valence-electron chi connectivity index (χ3n) is 3.68. The van der Waals surface area contributed by atoms with E-state index in [1.54, 1.807) is 18.2 Å². The quantitative estimate of drug-likeness (QED) is 0.169. The van der Waals surface area contributed by atoms with Gasteiger partial charge in [-0.05, 0) is 36.5 Å². The molecule has 0 saturated heterocycles. The molecule has 0 aliphatic heterocycles. The van der Waals surface area contributed by atoms with Gasteiger partial charge in [-0.3, -0.25) is 0 Å². The maximum atomic E-state index is 10.4. The lowest BCUT2D eigenvalue weighted by atomic mass is 9.76. The number of hydrogen-bond donors (Lipinski definition) is 0. The SMILES string of the molecule is CC(CN=C=O)CC(C)(CCC(C)C(I)N=C=O)CN=C=O. The highest BCUT2D eigenvalue weighted by atomic mass is 127. The average molecular weight is 419 g/mol. The Morgan fingerprint density at radius 2 is 1.73 bits per heavy atom. The van der Waals surface area contributed by atoms with E-state index in [1.165, 1.54) is 0 Å². The second kappa shape index (κ2) is 11.4. The van der Waals surface area contributed by atoms with Crippen molar-refractivity contribution >= 4 is 40.8 Å². The minimum absolute atomic E-state index is 0.106. The molecule has 0 aromatic rings. The molecular weight excluding hydrogens is 397 g/mol. The summed E-state index contributed by atoms with van der Waals surface area (Å²) in [5.74, 6) is 0.428. The van der Waals surface area contributed by atoms with Crippen molar-refractivity contribution in [2.45, 2.75) is 44.1 Å². The van der Waals surface area contributed by atoms with Crippen molar-refractivity contribution < 1.29 is 14.4 Å². The minimum atomic E-state index is -0.176. The fourth-order valence-electron chi connectivity index (χ4n) is 2.46. The number of nitrogens with zero attached hydrogens (tertiary/aromatic N) is 3. The summed E-state index contributed by atoms with van der Waals surface area (Å²) in [5, 5.41) is 0. The summed E-state index contributed by atoms with van der Waals surface area (Å²) in [6, 6.07) is 0. The van der Waals surface area contributed by atoms with Gasteiger partial charge in [0.15, 0.2) is 0 Å². The van der Waals surface area contributed by atoms with E-state index in [9.17, 15) is 14.4 Å². The van der Waals surface area contributed by atoms with Crippen molar-refractivity contribution in [2.24, 2.45) is 32.2 Å². The first kappa shape index (κ1) is 20.9. The summed E-state index contributed by atoms with van der Waals surface area (Å²) in [4.78, 5) is 42.0. The zero-order valence-corrected chi connectivity index (χ0v) is 15.4. The van der Waals surface area contributed by atoms with Crippen LogP contribution in [0.25, 0.3) is 0 Å². The van der Waals surface area contributed by atoms with Crippen molar-refractivity contribution in [2.75, 3.05) is 13.1 Å². The normalized spacial score (nSPS) is 16.9. The predicted octanol–water partition coefficient (Wildman–Crippen LogP) is 3.20. The first-order valence-corrected chi connectivity index (χ1v) is 8.41. The molecule has 4 unspecified atom stereocenters. The van der Waals surface area contributed by atoms with E-state index in [2.05, 4.69) is 44.5 Å². The maximum absolute atomic E-state index is 10.4. The third kappa shape index (κ3) is 9.00. The Hall–Kier alpha value is -1.13. The van der Waals surface area contributed by atoms with Crippen LogP contribution in [-0.4, -0.2) is 35.4 Å². The summed E-state index contributed by atoms with van der Waals surface area (Å²) in [6.07, 6.45) is 7.20. The van der Waals surface area contributed by atoms with Gasteiger partial charge >= 0.3 is 0 Å². The number of alkyl halides is 1. The number of aliphatic imine (C=N–C) groups is 3. The summed E-state index contributed by atoms with van der Waals surface area (Å²) >= 11 is 2.12. The van der Waals surface area contributed by atoms with Crippen molar-refractivity contribution in [1.82, 2.24) is 0 Å². The molecule has 4 atom stereocenters. The van der Waals surface area contributed by atoms with Crippen LogP contribution in [0.4, 0.5) is 0 Å². The van der Waals surface area contributed by atoms with E-state index in [0.717, 1.165) is 19.3 Å². The zero-order chi connectivity index (χ0) is 17.0. The molecule has 22 heavy (non-hydrogen) atoms. The second-order valence-corrected chi connectivity index (χ2v) is 7.34. The average Bonchev–Trinajstić information content (AvgIpc) is 2.49. The molecule has 0 radical (unpaired) electrons. The maximum Gasteiger partial charge on any atom is 0.236 e. The molecule has 0 aromatic carbocycles. The van der Waals surface area contributed by atoms with Crippen LogP contribution in [0.3, 0.4) is 0 Å². The largest absolute Gasteiger partial charge is 0.236 e. The predicted molar refractivity (Wildman–Crippen MR) is 92.2 cm³/mol. The Morgan fingerprint density at radius 3 is 2.27 bits per heavy atom. The monoisotopic (exact) mass is 419 g/mol. The molecule has 0 aromatic heterocycles. The van der Waals surface area contributed by atoms with Gasteiger partial charge in [-0.2, -0.15) is 4.99 Å². The summed E-state index contributed by atoms with van der Waals surface area (Å²) in [6.45, 7) is 6.91. The van der Waals surface area contributed by atoms with E-state index < -0.39 is 0 Å². The van der Waals surface area contributed by atoms with Crippen LogP contribution in [-0.2, 0) is 14.4 Å². The molecular formula is C15H22IN3O3. The first-order valence-electron chi connectivity index (χ1n) is 7.17. The van der Waals surface area contributed by atoms with E-state index in [1.807, 2.05) is 13.8 Å². The van der Waals surface area contributed by atoms with Crippen molar-refractivity contribution in [3.05, 3.63) is 0 Å². The van der Waals surface area contributed by atoms with E-state index >= 15 is 0 Å². The molecule has 0 saturated carbocycles. The van der Waals surface area contributed by atoms with Gasteiger partial charge in [-0.25, -0.2) is 24.4 Å². The Labute approximate surface area is 144 Å². The number of rotatable bonds is 11. The fraction of sp³-hybridized carbons (Fsp3) is 0.800. The van der Waals surface area contributed by atoms with Crippen LogP contribution < -0.4 is 0 Å². The highest BCUT2D eigenvalue weighted by Crippen LogP contribution is 2.34. The molecule has 122 valence electrons. The van der Waals surface area contributed by atoms with E-state index in [-0.39, 0.29) is 21.3 Å². The zero-order valence-electron chi connectivity index (χ0n) is 13.2. The third-order valence-corrected chi connectivity index (χ3v) is 5.19. The summed E-state index contributed by atoms with van der Waals surface area (Å²) in [5.41, 5.74) is -0.176.